The predicted molar refractivity (Wildman–Crippen MR) is 89.0 cm³/mol. The number of hydrogen-bond acceptors (Lipinski definition) is 4. The minimum absolute atomic E-state index is 0.0167. The molecule has 2 aromatic carbocycles. The first-order valence-electron chi connectivity index (χ1n) is 7.42. The van der Waals surface area contributed by atoms with Crippen molar-refractivity contribution in [1.82, 2.24) is 10.2 Å². The Labute approximate surface area is 145 Å². The molecule has 0 radical (unpaired) electrons. The molecule has 0 fully saturated rings. The highest BCUT2D eigenvalue weighted by atomic mass is 19.4. The summed E-state index contributed by atoms with van der Waals surface area (Å²) < 4.78 is 43.4. The fourth-order valence-electron chi connectivity index (χ4n) is 2.29. The second-order valence-electron chi connectivity index (χ2n) is 5.28. The largest absolute Gasteiger partial charge is 0.497 e. The summed E-state index contributed by atoms with van der Waals surface area (Å²) in [5.41, 5.74) is -0.485. The van der Waals surface area contributed by atoms with Crippen molar-refractivity contribution in [3.05, 3.63) is 64.4 Å². The molecule has 0 aliphatic heterocycles. The van der Waals surface area contributed by atoms with Crippen molar-refractivity contribution >= 4 is 11.4 Å². The lowest BCUT2D eigenvalue weighted by atomic mass is 10.1. The first-order valence-corrected chi connectivity index (χ1v) is 7.42. The summed E-state index contributed by atoms with van der Waals surface area (Å²) in [5, 5.41) is 12.7. The van der Waals surface area contributed by atoms with Gasteiger partial charge in [0.1, 0.15) is 5.75 Å². The molecule has 0 saturated heterocycles. The van der Waals surface area contributed by atoms with Crippen LogP contribution in [0.15, 0.2) is 63.6 Å². The number of H-pyrrole nitrogens is 2. The molecule has 0 unspecified atom stereocenters. The maximum absolute atomic E-state index is 12.8. The number of aromatic amines is 2. The van der Waals surface area contributed by atoms with E-state index in [2.05, 4.69) is 20.4 Å². The predicted octanol–water partition coefficient (Wildman–Crippen LogP) is 4.81. The first-order chi connectivity index (χ1) is 12.4. The van der Waals surface area contributed by atoms with E-state index in [-0.39, 0.29) is 11.4 Å². The van der Waals surface area contributed by atoms with E-state index in [9.17, 15) is 18.0 Å². The Hall–Kier alpha value is -3.36. The Morgan fingerprint density at radius 2 is 1.77 bits per heavy atom. The third-order valence-corrected chi connectivity index (χ3v) is 3.55. The van der Waals surface area contributed by atoms with Crippen LogP contribution in [-0.4, -0.2) is 17.3 Å². The number of aromatic nitrogens is 2. The molecule has 0 aliphatic carbocycles. The lowest BCUT2D eigenvalue weighted by molar-refractivity contribution is -0.137. The summed E-state index contributed by atoms with van der Waals surface area (Å²) >= 11 is 0. The standard InChI is InChI=1S/C17H13F3N4O2/c1-26-13-7-2-4-10(8-13)14-15(16(25)24-22-14)23-21-12-6-3-5-11(9-12)17(18,19)20/h2-9H,1H3,(H2,22,24,25). The van der Waals surface area contributed by atoms with Crippen LogP contribution in [0, 0.1) is 0 Å². The Morgan fingerprint density at radius 3 is 2.50 bits per heavy atom. The van der Waals surface area contributed by atoms with Gasteiger partial charge in [0.2, 0.25) is 0 Å². The number of nitrogens with one attached hydrogen (secondary N) is 2. The lowest BCUT2D eigenvalue weighted by Crippen LogP contribution is -2.03. The number of alkyl halides is 3. The molecule has 0 spiro atoms. The lowest BCUT2D eigenvalue weighted by Gasteiger charge is -2.06. The fraction of sp³-hybridized carbons (Fsp3) is 0.118. The average Bonchev–Trinajstić information content (AvgIpc) is 3.00. The van der Waals surface area contributed by atoms with Crippen molar-refractivity contribution in [1.29, 1.82) is 0 Å². The molecule has 3 aromatic rings. The van der Waals surface area contributed by atoms with Gasteiger partial charge >= 0.3 is 6.18 Å². The van der Waals surface area contributed by atoms with Crippen LogP contribution in [-0.2, 0) is 6.18 Å². The Morgan fingerprint density at radius 1 is 1.00 bits per heavy atom. The van der Waals surface area contributed by atoms with Crippen LogP contribution in [0.5, 0.6) is 5.75 Å². The van der Waals surface area contributed by atoms with Gasteiger partial charge in [-0.2, -0.15) is 18.3 Å². The number of ether oxygens (including phenoxy) is 1. The summed E-state index contributed by atoms with van der Waals surface area (Å²) in [6.07, 6.45) is -4.48. The van der Waals surface area contributed by atoms with Crippen molar-refractivity contribution < 1.29 is 17.9 Å². The molecule has 1 heterocycles. The normalized spacial score (nSPS) is 11.8. The molecule has 0 saturated carbocycles. The highest BCUT2D eigenvalue weighted by Crippen LogP contribution is 2.32. The molecule has 0 bridgehead atoms. The highest BCUT2D eigenvalue weighted by Gasteiger charge is 2.30. The van der Waals surface area contributed by atoms with Crippen molar-refractivity contribution in [2.24, 2.45) is 10.2 Å². The van der Waals surface area contributed by atoms with E-state index in [1.807, 2.05) is 0 Å². The van der Waals surface area contributed by atoms with E-state index in [0.29, 0.717) is 17.0 Å². The molecular weight excluding hydrogens is 349 g/mol. The van der Waals surface area contributed by atoms with Crippen molar-refractivity contribution in [2.45, 2.75) is 6.18 Å². The number of nitrogens with zero attached hydrogens (tertiary/aromatic N) is 2. The van der Waals surface area contributed by atoms with Gasteiger partial charge in [-0.3, -0.25) is 15.0 Å². The van der Waals surface area contributed by atoms with E-state index in [4.69, 9.17) is 4.74 Å². The van der Waals surface area contributed by atoms with Crippen LogP contribution < -0.4 is 10.3 Å². The number of azo groups is 1. The molecule has 0 amide bonds. The van der Waals surface area contributed by atoms with E-state index in [0.717, 1.165) is 12.1 Å². The maximum atomic E-state index is 12.8. The van der Waals surface area contributed by atoms with Crippen LogP contribution in [0.3, 0.4) is 0 Å². The maximum Gasteiger partial charge on any atom is 0.416 e. The molecular formula is C17H13F3N4O2. The molecule has 2 N–H and O–H groups in total. The average molecular weight is 362 g/mol. The van der Waals surface area contributed by atoms with Crippen LogP contribution >= 0.6 is 0 Å². The second kappa shape index (κ2) is 6.87. The fourth-order valence-corrected chi connectivity index (χ4v) is 2.29. The molecule has 0 aliphatic rings. The van der Waals surface area contributed by atoms with Gasteiger partial charge in [-0.25, -0.2) is 0 Å². The summed E-state index contributed by atoms with van der Waals surface area (Å²) in [4.78, 5) is 12.0. The number of hydrogen-bond donors (Lipinski definition) is 2. The SMILES string of the molecule is COc1cccc(-c2[nH][nH]c(=O)c2N=Nc2cccc(C(F)(F)F)c2)c1. The molecule has 134 valence electrons. The quantitative estimate of drug-likeness (QED) is 0.653. The van der Waals surface area contributed by atoms with E-state index in [1.165, 1.54) is 19.2 Å². The minimum Gasteiger partial charge on any atom is -0.497 e. The highest BCUT2D eigenvalue weighted by molar-refractivity contribution is 5.72. The van der Waals surface area contributed by atoms with Gasteiger partial charge in [-0.05, 0) is 30.3 Å². The topological polar surface area (TPSA) is 82.6 Å². The smallest absolute Gasteiger partial charge is 0.416 e. The zero-order valence-electron chi connectivity index (χ0n) is 13.5. The number of rotatable bonds is 4. The van der Waals surface area contributed by atoms with Gasteiger partial charge in [0, 0.05) is 5.56 Å². The Kier molecular flexibility index (Phi) is 4.61. The summed E-state index contributed by atoms with van der Waals surface area (Å²) in [6.45, 7) is 0. The van der Waals surface area contributed by atoms with E-state index >= 15 is 0 Å². The summed E-state index contributed by atoms with van der Waals surface area (Å²) in [5.74, 6) is 0.574. The van der Waals surface area contributed by atoms with Gasteiger partial charge in [0.25, 0.3) is 5.56 Å². The third-order valence-electron chi connectivity index (χ3n) is 3.55. The van der Waals surface area contributed by atoms with E-state index in [1.54, 1.807) is 24.3 Å². The molecule has 0 atom stereocenters. The number of methoxy groups -OCH3 is 1. The van der Waals surface area contributed by atoms with Gasteiger partial charge in [-0.1, -0.05) is 18.2 Å². The van der Waals surface area contributed by atoms with Gasteiger partial charge in [-0.15, -0.1) is 5.11 Å². The van der Waals surface area contributed by atoms with Crippen LogP contribution in [0.1, 0.15) is 5.56 Å². The number of halogens is 3. The minimum atomic E-state index is -4.48. The van der Waals surface area contributed by atoms with Crippen molar-refractivity contribution in [2.75, 3.05) is 7.11 Å². The van der Waals surface area contributed by atoms with Crippen LogP contribution in [0.25, 0.3) is 11.3 Å². The molecule has 6 nitrogen and oxygen atoms in total. The van der Waals surface area contributed by atoms with Crippen LogP contribution in [0.2, 0.25) is 0 Å². The molecule has 3 rings (SSSR count). The zero-order chi connectivity index (χ0) is 18.7. The van der Waals surface area contributed by atoms with E-state index < -0.39 is 17.3 Å². The Balaban J connectivity index is 1.97. The van der Waals surface area contributed by atoms with Gasteiger partial charge < -0.3 is 4.74 Å². The second-order valence-corrected chi connectivity index (χ2v) is 5.28. The van der Waals surface area contributed by atoms with Crippen LogP contribution in [0.4, 0.5) is 24.5 Å². The van der Waals surface area contributed by atoms with Gasteiger partial charge in [0.05, 0.1) is 24.1 Å². The van der Waals surface area contributed by atoms with Gasteiger partial charge in [0.15, 0.2) is 5.69 Å². The monoisotopic (exact) mass is 362 g/mol. The number of benzene rings is 2. The van der Waals surface area contributed by atoms with Crippen molar-refractivity contribution in [3.8, 4) is 17.0 Å². The van der Waals surface area contributed by atoms with Crippen molar-refractivity contribution in [3.63, 3.8) is 0 Å². The zero-order valence-corrected chi connectivity index (χ0v) is 13.5. The Bertz CT molecular complexity index is 1010. The molecule has 26 heavy (non-hydrogen) atoms. The first kappa shape index (κ1) is 17.5. The molecule has 9 heteroatoms. The summed E-state index contributed by atoms with van der Waals surface area (Å²) in [7, 11) is 1.51. The summed E-state index contributed by atoms with van der Waals surface area (Å²) in [6, 6.07) is 11.3. The molecule has 1 aromatic heterocycles. The third kappa shape index (κ3) is 3.66.